The molecule has 1 aromatic rings. The van der Waals surface area contributed by atoms with Crippen LogP contribution in [0.1, 0.15) is 31.7 Å². The molecule has 1 fully saturated rings. The summed E-state index contributed by atoms with van der Waals surface area (Å²) in [7, 11) is 0. The van der Waals surface area contributed by atoms with Crippen LogP contribution in [0.3, 0.4) is 0 Å². The van der Waals surface area contributed by atoms with E-state index < -0.39 is 6.10 Å². The largest absolute Gasteiger partial charge is 0.392 e. The van der Waals surface area contributed by atoms with Gasteiger partial charge in [-0.25, -0.2) is 0 Å². The Morgan fingerprint density at radius 2 is 2.21 bits per heavy atom. The van der Waals surface area contributed by atoms with Crippen LogP contribution in [-0.2, 0) is 6.54 Å². The lowest BCUT2D eigenvalue weighted by molar-refractivity contribution is -0.385. The van der Waals surface area contributed by atoms with Crippen LogP contribution in [0.25, 0.3) is 0 Å². The number of aliphatic hydroxyl groups excluding tert-OH is 1. The maximum atomic E-state index is 11.0. The fraction of sp³-hybridized carbons (Fsp3) is 0.571. The highest BCUT2D eigenvalue weighted by atomic mass is 16.6. The van der Waals surface area contributed by atoms with E-state index in [2.05, 4.69) is 4.90 Å². The lowest BCUT2D eigenvalue weighted by Gasteiger charge is -2.37. The first-order chi connectivity index (χ1) is 9.09. The zero-order chi connectivity index (χ0) is 13.8. The maximum absolute atomic E-state index is 11.0. The average molecular weight is 264 g/mol. The minimum absolute atomic E-state index is 0.105. The molecule has 2 rings (SSSR count). The molecule has 0 saturated carbocycles. The molecule has 0 unspecified atom stereocenters. The summed E-state index contributed by atoms with van der Waals surface area (Å²) in [6.07, 6.45) is 2.76. The lowest BCUT2D eigenvalue weighted by atomic mass is 9.97. The van der Waals surface area contributed by atoms with Crippen molar-refractivity contribution in [3.63, 3.8) is 0 Å². The molecule has 2 atom stereocenters. The number of piperidine rings is 1. The van der Waals surface area contributed by atoms with Gasteiger partial charge in [0.1, 0.15) is 0 Å². The molecule has 1 N–H and O–H groups in total. The van der Waals surface area contributed by atoms with Crippen molar-refractivity contribution in [3.05, 3.63) is 39.9 Å². The van der Waals surface area contributed by atoms with Gasteiger partial charge in [0.2, 0.25) is 0 Å². The van der Waals surface area contributed by atoms with Crippen molar-refractivity contribution in [2.24, 2.45) is 0 Å². The molecule has 5 heteroatoms. The summed E-state index contributed by atoms with van der Waals surface area (Å²) in [5.74, 6) is 0. The van der Waals surface area contributed by atoms with Gasteiger partial charge < -0.3 is 5.11 Å². The Labute approximate surface area is 113 Å². The standard InChI is InChI=1S/C14H20N2O3/c1-11(17)13-7-4-5-9-15(13)10-12-6-2-3-8-14(12)16(18)19/h2-3,6,8,11,13,17H,4-5,7,9-10H2,1H3/t11-,13-/m0/s1. The van der Waals surface area contributed by atoms with Gasteiger partial charge in [0.05, 0.1) is 11.0 Å². The summed E-state index contributed by atoms with van der Waals surface area (Å²) < 4.78 is 0. The number of aliphatic hydroxyl groups is 1. The minimum Gasteiger partial charge on any atom is -0.392 e. The number of nitrogens with zero attached hydrogens (tertiary/aromatic N) is 2. The van der Waals surface area contributed by atoms with Gasteiger partial charge >= 0.3 is 0 Å². The van der Waals surface area contributed by atoms with Crippen LogP contribution in [0, 0.1) is 10.1 Å². The monoisotopic (exact) mass is 264 g/mol. The lowest BCUT2D eigenvalue weighted by Crippen LogP contribution is -2.45. The van der Waals surface area contributed by atoms with Gasteiger partial charge in [-0.05, 0) is 26.3 Å². The highest BCUT2D eigenvalue weighted by molar-refractivity contribution is 5.39. The van der Waals surface area contributed by atoms with E-state index in [9.17, 15) is 15.2 Å². The number of benzene rings is 1. The highest BCUT2D eigenvalue weighted by Gasteiger charge is 2.27. The Morgan fingerprint density at radius 1 is 1.47 bits per heavy atom. The number of nitro benzene ring substituents is 1. The first kappa shape index (κ1) is 14.0. The second-order valence-corrected chi connectivity index (χ2v) is 5.16. The van der Waals surface area contributed by atoms with Gasteiger partial charge in [-0.15, -0.1) is 0 Å². The first-order valence-corrected chi connectivity index (χ1v) is 6.74. The van der Waals surface area contributed by atoms with Crippen molar-refractivity contribution in [3.8, 4) is 0 Å². The van der Waals surface area contributed by atoms with Gasteiger partial charge in [0.25, 0.3) is 5.69 Å². The van der Waals surface area contributed by atoms with E-state index in [4.69, 9.17) is 0 Å². The number of likely N-dealkylation sites (tertiary alicyclic amines) is 1. The molecule has 1 aliphatic rings. The van der Waals surface area contributed by atoms with Crippen molar-refractivity contribution in [2.45, 2.75) is 44.9 Å². The molecule has 0 bridgehead atoms. The molecule has 1 aromatic carbocycles. The normalized spacial score (nSPS) is 22.1. The Bertz CT molecular complexity index is 448. The number of nitro groups is 1. The Kier molecular flexibility index (Phi) is 4.50. The summed E-state index contributed by atoms with van der Waals surface area (Å²) in [6.45, 7) is 3.22. The molecule has 0 aliphatic carbocycles. The first-order valence-electron chi connectivity index (χ1n) is 6.74. The summed E-state index contributed by atoms with van der Waals surface area (Å²) in [5.41, 5.74) is 0.887. The van der Waals surface area contributed by atoms with Crippen LogP contribution in [0.5, 0.6) is 0 Å². The predicted octanol–water partition coefficient (Wildman–Crippen LogP) is 2.33. The number of para-hydroxylation sites is 1. The molecule has 5 nitrogen and oxygen atoms in total. The van der Waals surface area contributed by atoms with E-state index in [1.807, 2.05) is 6.07 Å². The van der Waals surface area contributed by atoms with Gasteiger partial charge in [-0.1, -0.05) is 24.6 Å². The molecule has 1 saturated heterocycles. The molecule has 0 amide bonds. The average Bonchev–Trinajstić information content (AvgIpc) is 2.39. The van der Waals surface area contributed by atoms with E-state index in [0.717, 1.165) is 31.4 Å². The maximum Gasteiger partial charge on any atom is 0.273 e. The molecule has 104 valence electrons. The quantitative estimate of drug-likeness (QED) is 0.669. The van der Waals surface area contributed by atoms with Gasteiger partial charge in [0, 0.05) is 24.2 Å². The second-order valence-electron chi connectivity index (χ2n) is 5.16. The molecule has 0 spiro atoms. The Hall–Kier alpha value is -1.46. The molecular weight excluding hydrogens is 244 g/mol. The van der Waals surface area contributed by atoms with Crippen LogP contribution in [-0.4, -0.2) is 33.6 Å². The third kappa shape index (κ3) is 3.30. The molecule has 1 aliphatic heterocycles. The van der Waals surface area contributed by atoms with E-state index >= 15 is 0 Å². The van der Waals surface area contributed by atoms with Gasteiger partial charge in [0.15, 0.2) is 0 Å². The minimum atomic E-state index is -0.400. The molecular formula is C14H20N2O3. The van der Waals surface area contributed by atoms with Crippen molar-refractivity contribution in [1.29, 1.82) is 0 Å². The van der Waals surface area contributed by atoms with Crippen molar-refractivity contribution in [1.82, 2.24) is 4.90 Å². The van der Waals surface area contributed by atoms with Crippen molar-refractivity contribution >= 4 is 5.69 Å². The smallest absolute Gasteiger partial charge is 0.273 e. The highest BCUT2D eigenvalue weighted by Crippen LogP contribution is 2.25. The van der Waals surface area contributed by atoms with Crippen molar-refractivity contribution < 1.29 is 10.0 Å². The SMILES string of the molecule is C[C@H](O)[C@@H]1CCCCN1Cc1ccccc1[N+](=O)[O-]. The predicted molar refractivity (Wildman–Crippen MR) is 72.8 cm³/mol. The van der Waals surface area contributed by atoms with Crippen molar-refractivity contribution in [2.75, 3.05) is 6.54 Å². The van der Waals surface area contributed by atoms with E-state index in [0.29, 0.717) is 6.54 Å². The number of hydrogen-bond donors (Lipinski definition) is 1. The van der Waals surface area contributed by atoms with Crippen LogP contribution < -0.4 is 0 Å². The Balaban J connectivity index is 2.17. The van der Waals surface area contributed by atoms with Crippen LogP contribution in [0.15, 0.2) is 24.3 Å². The van der Waals surface area contributed by atoms with E-state index in [-0.39, 0.29) is 16.7 Å². The zero-order valence-corrected chi connectivity index (χ0v) is 11.2. The van der Waals surface area contributed by atoms with Crippen LogP contribution in [0.2, 0.25) is 0 Å². The molecule has 0 radical (unpaired) electrons. The molecule has 19 heavy (non-hydrogen) atoms. The number of hydrogen-bond acceptors (Lipinski definition) is 4. The Morgan fingerprint density at radius 3 is 2.89 bits per heavy atom. The van der Waals surface area contributed by atoms with Crippen LogP contribution in [0.4, 0.5) is 5.69 Å². The zero-order valence-electron chi connectivity index (χ0n) is 11.2. The fourth-order valence-corrected chi connectivity index (χ4v) is 2.80. The fourth-order valence-electron chi connectivity index (χ4n) is 2.80. The third-order valence-corrected chi connectivity index (χ3v) is 3.78. The van der Waals surface area contributed by atoms with Gasteiger partial charge in [-0.3, -0.25) is 15.0 Å². The topological polar surface area (TPSA) is 66.6 Å². The van der Waals surface area contributed by atoms with E-state index in [1.165, 1.54) is 6.07 Å². The second kappa shape index (κ2) is 6.12. The molecule has 0 aromatic heterocycles. The molecule has 1 heterocycles. The third-order valence-electron chi connectivity index (χ3n) is 3.78. The van der Waals surface area contributed by atoms with E-state index in [1.54, 1.807) is 19.1 Å². The number of rotatable bonds is 4. The summed E-state index contributed by atoms with van der Waals surface area (Å²) in [5, 5.41) is 20.8. The van der Waals surface area contributed by atoms with Gasteiger partial charge in [-0.2, -0.15) is 0 Å². The summed E-state index contributed by atoms with van der Waals surface area (Å²) >= 11 is 0. The van der Waals surface area contributed by atoms with Crippen LogP contribution >= 0.6 is 0 Å². The summed E-state index contributed by atoms with van der Waals surface area (Å²) in [4.78, 5) is 12.8. The summed E-state index contributed by atoms with van der Waals surface area (Å²) in [6, 6.07) is 6.95.